The predicted octanol–water partition coefficient (Wildman–Crippen LogP) is 4.28. The van der Waals surface area contributed by atoms with Gasteiger partial charge >= 0.3 is 0 Å². The molecule has 3 aromatic rings. The van der Waals surface area contributed by atoms with Crippen LogP contribution in [0.15, 0.2) is 60.7 Å². The molecular weight excluding hydrogens is 450 g/mol. The summed E-state index contributed by atoms with van der Waals surface area (Å²) in [7, 11) is 1.24. The third kappa shape index (κ3) is 5.21. The molecule has 1 amide bonds. The number of carbonyl (C=O) groups excluding carboxylic acids is 1. The van der Waals surface area contributed by atoms with Crippen LogP contribution in [0.4, 0.5) is 28.4 Å². The fourth-order valence-corrected chi connectivity index (χ4v) is 3.10. The molecule has 3 aromatic carbocycles. The van der Waals surface area contributed by atoms with Crippen LogP contribution in [0.5, 0.6) is 5.75 Å². The first-order chi connectivity index (χ1) is 16.2. The summed E-state index contributed by atoms with van der Waals surface area (Å²) in [6.45, 7) is 0.0978. The van der Waals surface area contributed by atoms with Crippen LogP contribution in [0, 0.1) is 30.3 Å². The monoisotopic (exact) mass is 467 g/mol. The Kier molecular flexibility index (Phi) is 6.96. The second-order valence-electron chi connectivity index (χ2n) is 6.84. The normalized spacial score (nSPS) is 10.3. The van der Waals surface area contributed by atoms with Crippen LogP contribution in [0.25, 0.3) is 0 Å². The van der Waals surface area contributed by atoms with E-state index in [2.05, 4.69) is 10.6 Å². The van der Waals surface area contributed by atoms with Gasteiger partial charge in [-0.25, -0.2) is 0 Å². The molecule has 13 heteroatoms. The van der Waals surface area contributed by atoms with E-state index in [0.29, 0.717) is 0 Å². The number of nitro groups is 3. The number of benzene rings is 3. The highest BCUT2D eigenvalue weighted by molar-refractivity contribution is 6.10. The zero-order chi connectivity index (χ0) is 24.8. The number of amides is 1. The third-order valence-electron chi connectivity index (χ3n) is 4.71. The zero-order valence-corrected chi connectivity index (χ0v) is 17.6. The van der Waals surface area contributed by atoms with E-state index in [1.54, 1.807) is 30.3 Å². The summed E-state index contributed by atoms with van der Waals surface area (Å²) in [6, 6.07) is 13.9. The lowest BCUT2D eigenvalue weighted by molar-refractivity contribution is -0.393. The van der Waals surface area contributed by atoms with Crippen LogP contribution in [0.1, 0.15) is 15.9 Å². The lowest BCUT2D eigenvalue weighted by Crippen LogP contribution is -2.17. The Balaban J connectivity index is 2.05. The van der Waals surface area contributed by atoms with E-state index < -0.39 is 32.1 Å². The molecule has 0 aliphatic heterocycles. The molecule has 0 aliphatic carbocycles. The van der Waals surface area contributed by atoms with E-state index in [1.807, 2.05) is 0 Å². The summed E-state index contributed by atoms with van der Waals surface area (Å²) < 4.78 is 5.08. The molecule has 0 saturated carbocycles. The lowest BCUT2D eigenvalue weighted by Gasteiger charge is -2.14. The van der Waals surface area contributed by atoms with Gasteiger partial charge in [0.1, 0.15) is 11.4 Å². The quantitative estimate of drug-likeness (QED) is 0.343. The minimum atomic E-state index is -0.922. The van der Waals surface area contributed by atoms with Crippen LogP contribution in [-0.2, 0) is 6.54 Å². The Morgan fingerprint density at radius 1 is 0.882 bits per heavy atom. The lowest BCUT2D eigenvalue weighted by atomic mass is 10.1. The number of ether oxygens (including phenoxy) is 1. The minimum absolute atomic E-state index is 0.0290. The van der Waals surface area contributed by atoms with Crippen molar-refractivity contribution >= 4 is 34.3 Å². The highest BCUT2D eigenvalue weighted by atomic mass is 16.6. The summed E-state index contributed by atoms with van der Waals surface area (Å²) in [5.41, 5.74) is -1.41. The van der Waals surface area contributed by atoms with Gasteiger partial charge in [-0.2, -0.15) is 0 Å². The van der Waals surface area contributed by atoms with Crippen molar-refractivity contribution in [3.8, 4) is 5.75 Å². The summed E-state index contributed by atoms with van der Waals surface area (Å²) in [5.74, 6) is -0.962. The molecule has 0 heterocycles. The molecule has 0 aromatic heterocycles. The molecule has 174 valence electrons. The van der Waals surface area contributed by atoms with Crippen molar-refractivity contribution < 1.29 is 24.3 Å². The number of hydrogen-bond acceptors (Lipinski definition) is 9. The van der Waals surface area contributed by atoms with Crippen LogP contribution >= 0.6 is 0 Å². The van der Waals surface area contributed by atoms with Gasteiger partial charge in [0.2, 0.25) is 0 Å². The maximum Gasteiger partial charge on any atom is 0.300 e. The van der Waals surface area contributed by atoms with Crippen LogP contribution in [-0.4, -0.2) is 27.8 Å². The molecule has 34 heavy (non-hydrogen) atoms. The summed E-state index contributed by atoms with van der Waals surface area (Å²) in [5, 5.41) is 39.3. The number of anilines is 2. The molecule has 0 fully saturated rings. The van der Waals surface area contributed by atoms with Gasteiger partial charge in [0.25, 0.3) is 23.0 Å². The van der Waals surface area contributed by atoms with Gasteiger partial charge in [-0.3, -0.25) is 35.1 Å². The number of methoxy groups -OCH3 is 1. The Morgan fingerprint density at radius 2 is 1.56 bits per heavy atom. The topological polar surface area (TPSA) is 180 Å². The van der Waals surface area contributed by atoms with Gasteiger partial charge in [-0.05, 0) is 11.6 Å². The van der Waals surface area contributed by atoms with Crippen molar-refractivity contribution in [2.24, 2.45) is 0 Å². The van der Waals surface area contributed by atoms with Gasteiger partial charge < -0.3 is 15.4 Å². The molecule has 0 bridgehead atoms. The first kappa shape index (κ1) is 23.6. The second-order valence-corrected chi connectivity index (χ2v) is 6.84. The molecular formula is C21H17N5O8. The number of hydrogen-bond donors (Lipinski definition) is 2. The first-order valence-electron chi connectivity index (χ1n) is 9.59. The van der Waals surface area contributed by atoms with Gasteiger partial charge in [0, 0.05) is 18.7 Å². The minimum Gasteiger partial charge on any atom is -0.494 e. The van der Waals surface area contributed by atoms with Crippen molar-refractivity contribution in [3.63, 3.8) is 0 Å². The number of nitro benzene ring substituents is 3. The number of non-ortho nitro benzene ring substituents is 2. The molecule has 0 unspecified atom stereocenters. The van der Waals surface area contributed by atoms with Gasteiger partial charge in [-0.15, -0.1) is 0 Å². The van der Waals surface area contributed by atoms with E-state index in [-0.39, 0.29) is 34.9 Å². The largest absolute Gasteiger partial charge is 0.494 e. The van der Waals surface area contributed by atoms with E-state index in [4.69, 9.17) is 4.74 Å². The van der Waals surface area contributed by atoms with Crippen LogP contribution < -0.4 is 15.4 Å². The molecule has 0 spiro atoms. The van der Waals surface area contributed by atoms with E-state index >= 15 is 0 Å². The molecule has 0 radical (unpaired) electrons. The second kappa shape index (κ2) is 10.0. The fourth-order valence-electron chi connectivity index (χ4n) is 3.10. The first-order valence-corrected chi connectivity index (χ1v) is 9.59. The van der Waals surface area contributed by atoms with Crippen molar-refractivity contribution in [2.45, 2.75) is 6.54 Å². The van der Waals surface area contributed by atoms with E-state index in [0.717, 1.165) is 29.8 Å². The average molecular weight is 467 g/mol. The van der Waals surface area contributed by atoms with E-state index in [9.17, 15) is 35.1 Å². The summed E-state index contributed by atoms with van der Waals surface area (Å²) in [6.07, 6.45) is 0. The summed E-state index contributed by atoms with van der Waals surface area (Å²) >= 11 is 0. The zero-order valence-electron chi connectivity index (χ0n) is 17.6. The van der Waals surface area contributed by atoms with Crippen LogP contribution in [0.2, 0.25) is 0 Å². The van der Waals surface area contributed by atoms with Gasteiger partial charge in [0.15, 0.2) is 0 Å². The summed E-state index contributed by atoms with van der Waals surface area (Å²) in [4.78, 5) is 44.8. The Labute approximate surface area is 191 Å². The Hall–Kier alpha value is -5.07. The molecule has 3 rings (SSSR count). The molecule has 13 nitrogen and oxygen atoms in total. The molecule has 0 saturated heterocycles. The maximum atomic E-state index is 13.1. The van der Waals surface area contributed by atoms with Crippen LogP contribution in [0.3, 0.4) is 0 Å². The van der Waals surface area contributed by atoms with Crippen molar-refractivity contribution in [1.29, 1.82) is 0 Å². The van der Waals surface area contributed by atoms with Gasteiger partial charge in [0.05, 0.1) is 45.3 Å². The highest BCUT2D eigenvalue weighted by Gasteiger charge is 2.28. The van der Waals surface area contributed by atoms with Crippen molar-refractivity contribution in [1.82, 2.24) is 0 Å². The van der Waals surface area contributed by atoms with Crippen molar-refractivity contribution in [3.05, 3.63) is 102 Å². The Morgan fingerprint density at radius 3 is 2.15 bits per heavy atom. The predicted molar refractivity (Wildman–Crippen MR) is 121 cm³/mol. The number of carbonyl (C=O) groups is 1. The number of rotatable bonds is 9. The molecule has 2 N–H and O–H groups in total. The Bertz CT molecular complexity index is 1280. The van der Waals surface area contributed by atoms with E-state index in [1.165, 1.54) is 13.2 Å². The third-order valence-corrected chi connectivity index (χ3v) is 4.71. The molecule has 0 atom stereocenters. The molecule has 0 aliphatic rings. The number of nitrogens with zero attached hydrogens (tertiary/aromatic N) is 3. The van der Waals surface area contributed by atoms with Crippen molar-refractivity contribution in [2.75, 3.05) is 17.7 Å². The smallest absolute Gasteiger partial charge is 0.300 e. The SMILES string of the molecule is COc1cc([N+](=O)[O-])ccc1NC(=O)c1cc([N+](=O)[O-])cc([N+](=O)[O-])c1NCc1ccccc1. The number of nitrogens with one attached hydrogen (secondary N) is 2. The standard InChI is InChI=1S/C21H17N5O8/c1-34-19-11-14(24(28)29)7-8-17(19)23-21(27)16-9-15(25(30)31)10-18(26(32)33)20(16)22-12-13-5-3-2-4-6-13/h2-11,22H,12H2,1H3,(H,23,27). The fraction of sp³-hybridized carbons (Fsp3) is 0.0952. The maximum absolute atomic E-state index is 13.1. The van der Waals surface area contributed by atoms with Gasteiger partial charge in [-0.1, -0.05) is 30.3 Å². The highest BCUT2D eigenvalue weighted by Crippen LogP contribution is 2.35. The average Bonchev–Trinajstić information content (AvgIpc) is 2.82.